The third-order valence-electron chi connectivity index (χ3n) is 3.96. The number of benzene rings is 1. The summed E-state index contributed by atoms with van der Waals surface area (Å²) in [5.41, 5.74) is 0.973. The Labute approximate surface area is 150 Å². The lowest BCUT2D eigenvalue weighted by Crippen LogP contribution is -2.31. The Bertz CT molecular complexity index is 893. The third-order valence-corrected chi connectivity index (χ3v) is 3.96. The lowest BCUT2D eigenvalue weighted by atomic mass is 10.0. The second kappa shape index (κ2) is 7.30. The van der Waals surface area contributed by atoms with Crippen LogP contribution in [0, 0.1) is 6.92 Å². The molecule has 0 fully saturated rings. The van der Waals surface area contributed by atoms with Gasteiger partial charge in [0, 0.05) is 31.6 Å². The molecule has 0 aliphatic rings. The summed E-state index contributed by atoms with van der Waals surface area (Å²) in [6.45, 7) is 1.73. The van der Waals surface area contributed by atoms with Gasteiger partial charge in [-0.2, -0.15) is 0 Å². The number of nitrogens with one attached hydrogen (secondary N) is 1. The molecule has 1 atom stereocenters. The first-order valence-corrected chi connectivity index (χ1v) is 7.96. The Morgan fingerprint density at radius 2 is 1.88 bits per heavy atom. The van der Waals surface area contributed by atoms with Crippen molar-refractivity contribution in [2.45, 2.75) is 13.0 Å². The molecule has 3 aromatic rings. The highest BCUT2D eigenvalue weighted by atomic mass is 16.5. The number of hydrogen-bond donors (Lipinski definition) is 1. The number of hydrogen-bond acceptors (Lipinski definition) is 6. The minimum absolute atomic E-state index is 0.205. The van der Waals surface area contributed by atoms with Gasteiger partial charge >= 0.3 is 0 Å². The van der Waals surface area contributed by atoms with Gasteiger partial charge in [-0.3, -0.25) is 4.79 Å². The molecule has 0 saturated heterocycles. The van der Waals surface area contributed by atoms with Crippen molar-refractivity contribution < 1.29 is 18.8 Å². The number of carbonyl (C=O) groups is 1. The van der Waals surface area contributed by atoms with Crippen LogP contribution in [0.25, 0.3) is 0 Å². The van der Waals surface area contributed by atoms with Crippen molar-refractivity contribution >= 4 is 5.91 Å². The van der Waals surface area contributed by atoms with Crippen LogP contribution in [0.3, 0.4) is 0 Å². The molecule has 0 spiro atoms. The number of rotatable bonds is 6. The topological polar surface area (TPSA) is 91.4 Å². The zero-order valence-electron chi connectivity index (χ0n) is 15.0. The summed E-state index contributed by atoms with van der Waals surface area (Å²) < 4.78 is 17.5. The molecule has 0 saturated carbocycles. The molecule has 1 N–H and O–H groups in total. The fourth-order valence-electron chi connectivity index (χ4n) is 2.63. The van der Waals surface area contributed by atoms with Gasteiger partial charge in [0.05, 0.1) is 14.2 Å². The van der Waals surface area contributed by atoms with Crippen LogP contribution in [0.4, 0.5) is 0 Å². The number of ether oxygens (including phenoxy) is 2. The predicted molar refractivity (Wildman–Crippen MR) is 93.3 cm³/mol. The lowest BCUT2D eigenvalue weighted by Gasteiger charge is -2.20. The summed E-state index contributed by atoms with van der Waals surface area (Å²) in [4.78, 5) is 17.0. The van der Waals surface area contributed by atoms with Crippen LogP contribution in [0.2, 0.25) is 0 Å². The second-order valence-corrected chi connectivity index (χ2v) is 5.77. The zero-order chi connectivity index (χ0) is 18.7. The Hall–Kier alpha value is -3.29. The van der Waals surface area contributed by atoms with Crippen molar-refractivity contribution in [3.63, 3.8) is 0 Å². The molecular formula is C18H20N4O4. The molecule has 1 unspecified atom stereocenters. The number of carbonyl (C=O) groups excluding carboxylic acids is 1. The summed E-state index contributed by atoms with van der Waals surface area (Å²) in [7, 11) is 5.01. The Morgan fingerprint density at radius 1 is 1.19 bits per heavy atom. The van der Waals surface area contributed by atoms with Gasteiger partial charge < -0.3 is 23.9 Å². The van der Waals surface area contributed by atoms with E-state index in [0.29, 0.717) is 23.1 Å². The molecule has 1 amide bonds. The summed E-state index contributed by atoms with van der Waals surface area (Å²) in [6, 6.07) is 6.48. The molecule has 2 aromatic heterocycles. The monoisotopic (exact) mass is 356 g/mol. The van der Waals surface area contributed by atoms with Gasteiger partial charge in [-0.15, -0.1) is 0 Å². The molecule has 1 aromatic carbocycles. The van der Waals surface area contributed by atoms with Crippen molar-refractivity contribution in [2.75, 3.05) is 14.2 Å². The molecule has 0 aliphatic carbocycles. The maximum atomic E-state index is 12.6. The van der Waals surface area contributed by atoms with Gasteiger partial charge in [0.15, 0.2) is 5.69 Å². The quantitative estimate of drug-likeness (QED) is 0.728. The Morgan fingerprint density at radius 3 is 2.38 bits per heavy atom. The first-order chi connectivity index (χ1) is 12.5. The minimum Gasteiger partial charge on any atom is -0.497 e. The molecule has 136 valence electrons. The fourth-order valence-corrected chi connectivity index (χ4v) is 2.63. The molecule has 8 heteroatoms. The molecule has 0 radical (unpaired) electrons. The van der Waals surface area contributed by atoms with Crippen molar-refractivity contribution in [1.29, 1.82) is 0 Å². The molecular weight excluding hydrogens is 336 g/mol. The highest BCUT2D eigenvalue weighted by Crippen LogP contribution is 2.29. The highest BCUT2D eigenvalue weighted by Gasteiger charge is 2.24. The van der Waals surface area contributed by atoms with E-state index in [1.807, 2.05) is 29.9 Å². The van der Waals surface area contributed by atoms with Crippen molar-refractivity contribution in [1.82, 2.24) is 20.0 Å². The smallest absolute Gasteiger partial charge is 0.274 e. The second-order valence-electron chi connectivity index (χ2n) is 5.77. The number of methoxy groups -OCH3 is 2. The van der Waals surface area contributed by atoms with Gasteiger partial charge in [-0.1, -0.05) is 5.16 Å². The van der Waals surface area contributed by atoms with E-state index in [1.54, 1.807) is 39.5 Å². The van der Waals surface area contributed by atoms with E-state index in [9.17, 15) is 4.79 Å². The minimum atomic E-state index is -0.525. The first-order valence-electron chi connectivity index (χ1n) is 7.96. The summed E-state index contributed by atoms with van der Waals surface area (Å²) in [5.74, 6) is 2.09. The van der Waals surface area contributed by atoms with Gasteiger partial charge in [-0.05, 0) is 24.6 Å². The highest BCUT2D eigenvalue weighted by molar-refractivity contribution is 5.92. The van der Waals surface area contributed by atoms with Crippen LogP contribution >= 0.6 is 0 Å². The van der Waals surface area contributed by atoms with Crippen molar-refractivity contribution in [2.24, 2.45) is 7.05 Å². The van der Waals surface area contributed by atoms with Crippen LogP contribution in [-0.2, 0) is 7.05 Å². The Balaban J connectivity index is 2.02. The number of amides is 1. The summed E-state index contributed by atoms with van der Waals surface area (Å²) in [5, 5.41) is 6.72. The van der Waals surface area contributed by atoms with E-state index in [4.69, 9.17) is 14.0 Å². The van der Waals surface area contributed by atoms with Crippen LogP contribution in [0.5, 0.6) is 11.5 Å². The predicted octanol–water partition coefficient (Wildman–Crippen LogP) is 2.25. The van der Waals surface area contributed by atoms with Crippen molar-refractivity contribution in [3.05, 3.63) is 59.5 Å². The average Bonchev–Trinajstić information content (AvgIpc) is 3.27. The van der Waals surface area contributed by atoms with Crippen molar-refractivity contribution in [3.8, 4) is 11.5 Å². The molecule has 26 heavy (non-hydrogen) atoms. The van der Waals surface area contributed by atoms with Gasteiger partial charge in [0.2, 0.25) is 0 Å². The van der Waals surface area contributed by atoms with Gasteiger partial charge in [-0.25, -0.2) is 4.98 Å². The SMILES string of the molecule is COc1cc(OC)cc(C(NC(=O)c2cc(C)on2)c2nccn2C)c1. The standard InChI is InChI=1S/C18H20N4O4/c1-11-7-15(21-26-11)18(23)20-16(17-19-5-6-22(17)2)12-8-13(24-3)10-14(9-12)25-4/h5-10,16H,1-4H3,(H,20,23). The van der Waals surface area contributed by atoms with Gasteiger partial charge in [0.25, 0.3) is 5.91 Å². The van der Waals surface area contributed by atoms with Crippen LogP contribution in [0.15, 0.2) is 41.2 Å². The maximum absolute atomic E-state index is 12.6. The number of aryl methyl sites for hydroxylation is 2. The van der Waals surface area contributed by atoms with E-state index in [2.05, 4.69) is 15.5 Å². The van der Waals surface area contributed by atoms with E-state index in [1.165, 1.54) is 0 Å². The molecule has 8 nitrogen and oxygen atoms in total. The molecule has 0 bridgehead atoms. The summed E-state index contributed by atoms with van der Waals surface area (Å²) in [6.07, 6.45) is 3.48. The maximum Gasteiger partial charge on any atom is 0.274 e. The summed E-state index contributed by atoms with van der Waals surface area (Å²) >= 11 is 0. The van der Waals surface area contributed by atoms with Crippen LogP contribution in [0.1, 0.15) is 33.7 Å². The normalized spacial score (nSPS) is 11.8. The van der Waals surface area contributed by atoms with E-state index < -0.39 is 6.04 Å². The molecule has 0 aliphatic heterocycles. The average molecular weight is 356 g/mol. The van der Waals surface area contributed by atoms with Gasteiger partial charge in [0.1, 0.15) is 29.1 Å². The zero-order valence-corrected chi connectivity index (χ0v) is 15.0. The fraction of sp³-hybridized carbons (Fsp3) is 0.278. The van der Waals surface area contributed by atoms with E-state index in [-0.39, 0.29) is 11.6 Å². The first kappa shape index (κ1) is 17.5. The third kappa shape index (κ3) is 3.53. The van der Waals surface area contributed by atoms with Crippen LogP contribution in [-0.4, -0.2) is 34.8 Å². The molecule has 2 heterocycles. The lowest BCUT2D eigenvalue weighted by molar-refractivity contribution is 0.0932. The largest absolute Gasteiger partial charge is 0.497 e. The van der Waals surface area contributed by atoms with E-state index >= 15 is 0 Å². The number of nitrogens with zero attached hydrogens (tertiary/aromatic N) is 3. The Kier molecular flexibility index (Phi) is 4.92. The van der Waals surface area contributed by atoms with E-state index in [0.717, 1.165) is 5.56 Å². The molecule has 3 rings (SSSR count). The number of aromatic nitrogens is 3. The number of imidazole rings is 1. The van der Waals surface area contributed by atoms with Crippen LogP contribution < -0.4 is 14.8 Å².